The van der Waals surface area contributed by atoms with Crippen molar-refractivity contribution >= 4 is 58.0 Å². The van der Waals surface area contributed by atoms with Gasteiger partial charge in [0.25, 0.3) is 5.91 Å². The van der Waals surface area contributed by atoms with Crippen LogP contribution in [-0.2, 0) is 0 Å². The largest absolute Gasteiger partial charge is 0.497 e. The van der Waals surface area contributed by atoms with Crippen molar-refractivity contribution in [3.05, 3.63) is 44.1 Å². The maximum Gasteiger partial charge on any atom is 0.275 e. The number of halogens is 4. The summed E-state index contributed by atoms with van der Waals surface area (Å²) >= 11 is 23.6. The van der Waals surface area contributed by atoms with E-state index in [1.165, 1.54) is 14.2 Å². The van der Waals surface area contributed by atoms with Gasteiger partial charge in [-0.2, -0.15) is 0 Å². The van der Waals surface area contributed by atoms with Crippen LogP contribution in [0.15, 0.2) is 18.2 Å². The molecule has 1 aromatic carbocycles. The number of carbonyl (C=O) groups excluding carboxylic acids is 1. The number of hydrogen-bond acceptors (Lipinski definition) is 4. The zero-order valence-electron chi connectivity index (χ0n) is 11.9. The van der Waals surface area contributed by atoms with Gasteiger partial charge in [0.15, 0.2) is 0 Å². The van der Waals surface area contributed by atoms with E-state index in [1.54, 1.807) is 18.2 Å². The molecule has 0 aliphatic heterocycles. The van der Waals surface area contributed by atoms with E-state index in [4.69, 9.17) is 55.9 Å². The van der Waals surface area contributed by atoms with E-state index in [-0.39, 0.29) is 25.9 Å². The van der Waals surface area contributed by atoms with Crippen molar-refractivity contribution in [2.75, 3.05) is 19.5 Å². The molecule has 0 bridgehead atoms. The minimum atomic E-state index is -0.606. The number of anilines is 1. The monoisotopic (exact) mass is 394 g/mol. The number of carbonyl (C=O) groups is 1. The van der Waals surface area contributed by atoms with Gasteiger partial charge in [-0.15, -0.1) is 0 Å². The van der Waals surface area contributed by atoms with Crippen molar-refractivity contribution in [2.24, 2.45) is 0 Å². The molecule has 9 heteroatoms. The van der Waals surface area contributed by atoms with Gasteiger partial charge in [0.1, 0.15) is 22.3 Å². The zero-order valence-corrected chi connectivity index (χ0v) is 14.9. The Morgan fingerprint density at radius 1 is 0.957 bits per heavy atom. The summed E-state index contributed by atoms with van der Waals surface area (Å²) in [6, 6.07) is 4.87. The molecule has 0 unspecified atom stereocenters. The van der Waals surface area contributed by atoms with Gasteiger partial charge in [-0.1, -0.05) is 46.4 Å². The molecule has 0 aliphatic carbocycles. The highest BCUT2D eigenvalue weighted by atomic mass is 35.5. The van der Waals surface area contributed by atoms with E-state index in [0.717, 1.165) is 0 Å². The highest BCUT2D eigenvalue weighted by molar-refractivity contribution is 6.52. The summed E-state index contributed by atoms with van der Waals surface area (Å²) in [6.07, 6.45) is 0. The fourth-order valence-electron chi connectivity index (χ4n) is 1.71. The predicted octanol–water partition coefficient (Wildman–Crippen LogP) is 4.96. The fraction of sp³-hybridized carbons (Fsp3) is 0.143. The number of nitrogens with one attached hydrogen (secondary N) is 1. The predicted molar refractivity (Wildman–Crippen MR) is 91.8 cm³/mol. The quantitative estimate of drug-likeness (QED) is 0.742. The maximum absolute atomic E-state index is 12.3. The van der Waals surface area contributed by atoms with Crippen molar-refractivity contribution in [2.45, 2.75) is 0 Å². The number of ether oxygens (including phenoxy) is 2. The lowest BCUT2D eigenvalue weighted by Gasteiger charge is -2.11. The number of pyridine rings is 1. The second-order valence-corrected chi connectivity index (χ2v) is 5.74. The molecule has 1 N–H and O–H groups in total. The fourth-order valence-corrected chi connectivity index (χ4v) is 2.52. The molecule has 0 saturated heterocycles. The summed E-state index contributed by atoms with van der Waals surface area (Å²) in [6.45, 7) is 0. The van der Waals surface area contributed by atoms with Crippen LogP contribution in [0.2, 0.25) is 20.2 Å². The standard InChI is InChI=1S/C14H10Cl4N2O3/c1-22-7-3-6(4-8(5-7)23-2)19-14(21)12-10(16)9(15)11(17)13(18)20-12/h3-5H,1-2H3,(H,19,21). The highest BCUT2D eigenvalue weighted by Gasteiger charge is 2.20. The van der Waals surface area contributed by atoms with Gasteiger partial charge in [0.05, 0.1) is 29.3 Å². The Bertz CT molecular complexity index is 746. The third kappa shape index (κ3) is 3.93. The smallest absolute Gasteiger partial charge is 0.275 e. The molecule has 0 fully saturated rings. The summed E-state index contributed by atoms with van der Waals surface area (Å²) < 4.78 is 10.3. The molecule has 122 valence electrons. The van der Waals surface area contributed by atoms with E-state index >= 15 is 0 Å². The summed E-state index contributed by atoms with van der Waals surface area (Å²) in [5.74, 6) is 0.405. The molecule has 23 heavy (non-hydrogen) atoms. The molecule has 0 spiro atoms. The molecule has 2 aromatic rings. The lowest BCUT2D eigenvalue weighted by atomic mass is 10.2. The summed E-state index contributed by atoms with van der Waals surface area (Å²) in [5.41, 5.74) is 0.277. The summed E-state index contributed by atoms with van der Waals surface area (Å²) in [7, 11) is 3.00. The van der Waals surface area contributed by atoms with Crippen LogP contribution in [0.25, 0.3) is 0 Å². The maximum atomic E-state index is 12.3. The number of aromatic nitrogens is 1. The van der Waals surface area contributed by atoms with E-state index in [0.29, 0.717) is 17.2 Å². The number of nitrogens with zero attached hydrogens (tertiary/aromatic N) is 1. The van der Waals surface area contributed by atoms with Gasteiger partial charge in [-0.05, 0) is 0 Å². The average Bonchev–Trinajstić information content (AvgIpc) is 2.55. The van der Waals surface area contributed by atoms with Crippen molar-refractivity contribution in [1.82, 2.24) is 4.98 Å². The normalized spacial score (nSPS) is 10.3. The van der Waals surface area contributed by atoms with Gasteiger partial charge >= 0.3 is 0 Å². The molecule has 2 rings (SSSR count). The molecule has 5 nitrogen and oxygen atoms in total. The van der Waals surface area contributed by atoms with E-state index < -0.39 is 5.91 Å². The number of benzene rings is 1. The first-order valence-corrected chi connectivity index (χ1v) is 7.63. The van der Waals surface area contributed by atoms with Crippen molar-refractivity contribution in [3.8, 4) is 11.5 Å². The third-order valence-electron chi connectivity index (χ3n) is 2.81. The van der Waals surface area contributed by atoms with Gasteiger partial charge in [-0.25, -0.2) is 4.98 Å². The van der Waals surface area contributed by atoms with Crippen LogP contribution in [0.3, 0.4) is 0 Å². The van der Waals surface area contributed by atoms with E-state index in [2.05, 4.69) is 10.3 Å². The Labute approximate surface area is 152 Å². The molecule has 1 heterocycles. The Kier molecular flexibility index (Phi) is 5.81. The second-order valence-electron chi connectivity index (χ2n) is 4.25. The van der Waals surface area contributed by atoms with Gasteiger partial charge in [0, 0.05) is 23.9 Å². The van der Waals surface area contributed by atoms with Crippen LogP contribution in [0, 0.1) is 0 Å². The molecule has 0 radical (unpaired) electrons. The zero-order chi connectivity index (χ0) is 17.1. The first kappa shape index (κ1) is 17.9. The van der Waals surface area contributed by atoms with Gasteiger partial charge in [-0.3, -0.25) is 4.79 Å². The van der Waals surface area contributed by atoms with Gasteiger partial charge < -0.3 is 14.8 Å². The minimum absolute atomic E-state index is 0.0158. The van der Waals surface area contributed by atoms with Crippen LogP contribution in [-0.4, -0.2) is 25.1 Å². The lowest BCUT2D eigenvalue weighted by molar-refractivity contribution is 0.102. The highest BCUT2D eigenvalue weighted by Crippen LogP contribution is 2.36. The van der Waals surface area contributed by atoms with Crippen LogP contribution >= 0.6 is 46.4 Å². The summed E-state index contributed by atoms with van der Waals surface area (Å²) in [5, 5.41) is 2.35. The van der Waals surface area contributed by atoms with Crippen LogP contribution in [0.4, 0.5) is 5.69 Å². The van der Waals surface area contributed by atoms with Crippen LogP contribution in [0.5, 0.6) is 11.5 Å². The average molecular weight is 396 g/mol. The van der Waals surface area contributed by atoms with E-state index in [1.807, 2.05) is 0 Å². The molecule has 0 atom stereocenters. The molecular formula is C14H10Cl4N2O3. The Morgan fingerprint density at radius 3 is 2.04 bits per heavy atom. The first-order valence-electron chi connectivity index (χ1n) is 6.11. The van der Waals surface area contributed by atoms with E-state index in [9.17, 15) is 4.79 Å². The number of rotatable bonds is 4. The Balaban J connectivity index is 2.37. The Hall–Kier alpha value is -1.40. The Morgan fingerprint density at radius 2 is 1.52 bits per heavy atom. The number of hydrogen-bond donors (Lipinski definition) is 1. The molecule has 0 aliphatic rings. The molecule has 1 aromatic heterocycles. The van der Waals surface area contributed by atoms with Gasteiger partial charge in [0.2, 0.25) is 0 Å². The van der Waals surface area contributed by atoms with Crippen molar-refractivity contribution in [1.29, 1.82) is 0 Å². The SMILES string of the molecule is COc1cc(NC(=O)c2nc(Cl)c(Cl)c(Cl)c2Cl)cc(OC)c1. The molecule has 1 amide bonds. The number of methoxy groups -OCH3 is 2. The molecular weight excluding hydrogens is 386 g/mol. The van der Waals surface area contributed by atoms with Crippen molar-refractivity contribution in [3.63, 3.8) is 0 Å². The van der Waals surface area contributed by atoms with Crippen LogP contribution < -0.4 is 14.8 Å². The molecule has 0 saturated carbocycles. The summed E-state index contributed by atoms with van der Waals surface area (Å²) in [4.78, 5) is 16.2. The second kappa shape index (κ2) is 7.45. The minimum Gasteiger partial charge on any atom is -0.497 e. The van der Waals surface area contributed by atoms with Crippen LogP contribution in [0.1, 0.15) is 10.5 Å². The lowest BCUT2D eigenvalue weighted by Crippen LogP contribution is -2.15. The topological polar surface area (TPSA) is 60.5 Å². The third-order valence-corrected chi connectivity index (χ3v) is 4.49. The van der Waals surface area contributed by atoms with Crippen molar-refractivity contribution < 1.29 is 14.3 Å². The number of amides is 1. The first-order chi connectivity index (χ1) is 10.9.